The van der Waals surface area contributed by atoms with Gasteiger partial charge in [0.1, 0.15) is 0 Å². The van der Waals surface area contributed by atoms with Gasteiger partial charge in [0.15, 0.2) is 0 Å². The zero-order valence-electron chi connectivity index (χ0n) is 7.49. The molecule has 1 aromatic carbocycles. The minimum absolute atomic E-state index is 0. The van der Waals surface area contributed by atoms with Gasteiger partial charge in [0.05, 0.1) is 0 Å². The molecule has 0 radical (unpaired) electrons. The Balaban J connectivity index is 0.000000845. The van der Waals surface area contributed by atoms with Crippen LogP contribution in [0.15, 0.2) is 24.3 Å². The number of rotatable bonds is 1. The second-order valence-corrected chi connectivity index (χ2v) is 3.29. The third-order valence-corrected chi connectivity index (χ3v) is 2.45. The summed E-state index contributed by atoms with van der Waals surface area (Å²) in [7, 11) is 0. The van der Waals surface area contributed by atoms with Crippen LogP contribution in [0.4, 0.5) is 0 Å². The average Bonchev–Trinajstić information content (AvgIpc) is 2.17. The first-order valence-corrected chi connectivity index (χ1v) is 4.40. The molecule has 0 fully saturated rings. The van der Waals surface area contributed by atoms with Gasteiger partial charge >= 0.3 is 0 Å². The highest BCUT2D eigenvalue weighted by molar-refractivity contribution is 8.93. The Morgan fingerprint density at radius 1 is 1.31 bits per heavy atom. The van der Waals surface area contributed by atoms with E-state index in [1.807, 2.05) is 0 Å². The standard InChI is InChI=1S/C10H14N2.BrH/c11-6-10-5-8-3-1-2-4-9(8)7-12-10;/h1-4,10,12H,5-7,11H2;1H. The molecule has 13 heavy (non-hydrogen) atoms. The fourth-order valence-corrected chi connectivity index (χ4v) is 1.69. The number of nitrogens with two attached hydrogens (primary N) is 1. The van der Waals surface area contributed by atoms with Crippen LogP contribution in [0.2, 0.25) is 0 Å². The smallest absolute Gasteiger partial charge is 0.0233 e. The second-order valence-electron chi connectivity index (χ2n) is 3.29. The van der Waals surface area contributed by atoms with E-state index in [2.05, 4.69) is 29.6 Å². The summed E-state index contributed by atoms with van der Waals surface area (Å²) in [5, 5.41) is 3.40. The number of nitrogens with one attached hydrogen (secondary N) is 1. The van der Waals surface area contributed by atoms with E-state index in [4.69, 9.17) is 5.73 Å². The van der Waals surface area contributed by atoms with Crippen molar-refractivity contribution in [3.8, 4) is 0 Å². The Morgan fingerprint density at radius 3 is 2.69 bits per heavy atom. The van der Waals surface area contributed by atoms with Crippen molar-refractivity contribution in [3.05, 3.63) is 35.4 Å². The third-order valence-electron chi connectivity index (χ3n) is 2.45. The first-order valence-electron chi connectivity index (χ1n) is 4.40. The molecule has 72 valence electrons. The third kappa shape index (κ3) is 2.30. The summed E-state index contributed by atoms with van der Waals surface area (Å²) in [6.45, 7) is 1.70. The Kier molecular flexibility index (Phi) is 3.90. The molecule has 3 heteroatoms. The predicted octanol–water partition coefficient (Wildman–Crippen LogP) is 1.24. The van der Waals surface area contributed by atoms with Gasteiger partial charge in [0.2, 0.25) is 0 Å². The molecule has 2 nitrogen and oxygen atoms in total. The Hall–Kier alpha value is -0.380. The molecule has 0 bridgehead atoms. The lowest BCUT2D eigenvalue weighted by Gasteiger charge is -2.24. The lowest BCUT2D eigenvalue weighted by atomic mass is 9.96. The second kappa shape index (κ2) is 4.74. The van der Waals surface area contributed by atoms with Crippen molar-refractivity contribution in [2.24, 2.45) is 5.73 Å². The SMILES string of the molecule is Br.NCC1Cc2ccccc2CN1. The lowest BCUT2D eigenvalue weighted by Crippen LogP contribution is -2.40. The zero-order valence-corrected chi connectivity index (χ0v) is 9.21. The monoisotopic (exact) mass is 242 g/mol. The van der Waals surface area contributed by atoms with Crippen LogP contribution in [0.25, 0.3) is 0 Å². The van der Waals surface area contributed by atoms with Crippen LogP contribution in [0, 0.1) is 0 Å². The summed E-state index contributed by atoms with van der Waals surface area (Å²) < 4.78 is 0. The van der Waals surface area contributed by atoms with Crippen LogP contribution in [0.5, 0.6) is 0 Å². The maximum absolute atomic E-state index is 5.60. The molecule has 0 spiro atoms. The van der Waals surface area contributed by atoms with Crippen LogP contribution >= 0.6 is 17.0 Å². The van der Waals surface area contributed by atoms with Gasteiger partial charge in [0, 0.05) is 19.1 Å². The van der Waals surface area contributed by atoms with E-state index >= 15 is 0 Å². The maximum atomic E-state index is 5.60. The van der Waals surface area contributed by atoms with Crippen LogP contribution in [-0.2, 0) is 13.0 Å². The molecule has 1 aromatic rings. The first kappa shape index (κ1) is 10.7. The summed E-state index contributed by atoms with van der Waals surface area (Å²) in [5.74, 6) is 0. The minimum Gasteiger partial charge on any atom is -0.329 e. The van der Waals surface area contributed by atoms with Gasteiger partial charge in [-0.2, -0.15) is 0 Å². The van der Waals surface area contributed by atoms with E-state index < -0.39 is 0 Å². The summed E-state index contributed by atoms with van der Waals surface area (Å²) in [6, 6.07) is 9.02. The molecule has 2 rings (SSSR count). The average molecular weight is 243 g/mol. The highest BCUT2D eigenvalue weighted by atomic mass is 79.9. The topological polar surface area (TPSA) is 38.0 Å². The molecule has 0 aliphatic carbocycles. The van der Waals surface area contributed by atoms with Gasteiger partial charge in [-0.15, -0.1) is 17.0 Å². The Bertz CT molecular complexity index is 275. The van der Waals surface area contributed by atoms with Gasteiger partial charge in [-0.1, -0.05) is 24.3 Å². The predicted molar refractivity (Wildman–Crippen MR) is 60.2 cm³/mol. The number of fused-ring (bicyclic) bond motifs is 1. The van der Waals surface area contributed by atoms with Crippen molar-refractivity contribution >= 4 is 17.0 Å². The van der Waals surface area contributed by atoms with Crippen LogP contribution in [0.1, 0.15) is 11.1 Å². The maximum Gasteiger partial charge on any atom is 0.0233 e. The van der Waals surface area contributed by atoms with Gasteiger partial charge in [-0.25, -0.2) is 0 Å². The number of halogens is 1. The van der Waals surface area contributed by atoms with Crippen molar-refractivity contribution in [1.82, 2.24) is 5.32 Å². The van der Waals surface area contributed by atoms with Crippen LogP contribution in [0.3, 0.4) is 0 Å². The van der Waals surface area contributed by atoms with E-state index in [0.717, 1.165) is 19.5 Å². The van der Waals surface area contributed by atoms with Crippen molar-refractivity contribution in [1.29, 1.82) is 0 Å². The fraction of sp³-hybridized carbons (Fsp3) is 0.400. The Labute approximate surface area is 89.3 Å². The van der Waals surface area contributed by atoms with Crippen molar-refractivity contribution < 1.29 is 0 Å². The minimum atomic E-state index is 0. The van der Waals surface area contributed by atoms with Gasteiger partial charge in [-0.05, 0) is 17.5 Å². The number of benzene rings is 1. The highest BCUT2D eigenvalue weighted by Gasteiger charge is 2.14. The van der Waals surface area contributed by atoms with E-state index in [0.29, 0.717) is 6.04 Å². The number of hydrogen-bond acceptors (Lipinski definition) is 2. The molecule has 0 amide bonds. The van der Waals surface area contributed by atoms with Crippen molar-refractivity contribution in [2.75, 3.05) is 6.54 Å². The van der Waals surface area contributed by atoms with Crippen LogP contribution in [-0.4, -0.2) is 12.6 Å². The molecule has 1 heterocycles. The molecule has 1 unspecified atom stereocenters. The summed E-state index contributed by atoms with van der Waals surface area (Å²) in [6.07, 6.45) is 1.08. The van der Waals surface area contributed by atoms with Gasteiger partial charge < -0.3 is 11.1 Å². The molecule has 0 aromatic heterocycles. The molecule has 3 N–H and O–H groups in total. The summed E-state index contributed by atoms with van der Waals surface area (Å²) >= 11 is 0. The fourth-order valence-electron chi connectivity index (χ4n) is 1.69. The van der Waals surface area contributed by atoms with E-state index in [1.165, 1.54) is 11.1 Å². The van der Waals surface area contributed by atoms with E-state index in [-0.39, 0.29) is 17.0 Å². The van der Waals surface area contributed by atoms with Gasteiger partial charge in [-0.3, -0.25) is 0 Å². The normalized spacial score (nSPS) is 20.2. The van der Waals surface area contributed by atoms with E-state index in [9.17, 15) is 0 Å². The van der Waals surface area contributed by atoms with Gasteiger partial charge in [0.25, 0.3) is 0 Å². The molecule has 1 aliphatic heterocycles. The zero-order chi connectivity index (χ0) is 8.39. The summed E-state index contributed by atoms with van der Waals surface area (Å²) in [5.41, 5.74) is 8.47. The molecule has 1 atom stereocenters. The highest BCUT2D eigenvalue weighted by Crippen LogP contribution is 2.15. The van der Waals surface area contributed by atoms with E-state index in [1.54, 1.807) is 0 Å². The van der Waals surface area contributed by atoms with Crippen molar-refractivity contribution in [3.63, 3.8) is 0 Å². The van der Waals surface area contributed by atoms with Crippen molar-refractivity contribution in [2.45, 2.75) is 19.0 Å². The quantitative estimate of drug-likeness (QED) is 0.778. The largest absolute Gasteiger partial charge is 0.329 e. The first-order chi connectivity index (χ1) is 5.90. The molecule has 0 saturated carbocycles. The lowest BCUT2D eigenvalue weighted by molar-refractivity contribution is 0.487. The molecular weight excluding hydrogens is 228 g/mol. The molecular formula is C10H15BrN2. The van der Waals surface area contributed by atoms with Crippen LogP contribution < -0.4 is 11.1 Å². The summed E-state index contributed by atoms with van der Waals surface area (Å²) in [4.78, 5) is 0. The number of hydrogen-bond donors (Lipinski definition) is 2. The Morgan fingerprint density at radius 2 is 2.00 bits per heavy atom. The molecule has 0 saturated heterocycles. The molecule has 1 aliphatic rings.